The van der Waals surface area contributed by atoms with Crippen LogP contribution in [-0.4, -0.2) is 33.0 Å². The van der Waals surface area contributed by atoms with E-state index in [-0.39, 0.29) is 17.0 Å². The van der Waals surface area contributed by atoms with Crippen LogP contribution in [0, 0.1) is 0 Å². The maximum absolute atomic E-state index is 13.0. The molecule has 0 radical (unpaired) electrons. The molecular weight excluding hydrogens is 406 g/mol. The average molecular weight is 427 g/mol. The molecule has 0 saturated carbocycles. The van der Waals surface area contributed by atoms with Gasteiger partial charge in [0.05, 0.1) is 23.8 Å². The van der Waals surface area contributed by atoms with E-state index in [1.807, 2.05) is 48.5 Å². The Hall–Kier alpha value is -4.10. The number of benzene rings is 3. The Kier molecular flexibility index (Phi) is 5.91. The summed E-state index contributed by atoms with van der Waals surface area (Å²) in [6.07, 6.45) is 1.49. The van der Waals surface area contributed by atoms with Crippen molar-refractivity contribution in [3.63, 3.8) is 0 Å². The second-order valence-corrected chi connectivity index (χ2v) is 7.45. The van der Waals surface area contributed by atoms with Gasteiger partial charge >= 0.3 is 0 Å². The van der Waals surface area contributed by atoms with Gasteiger partial charge in [-0.15, -0.1) is 0 Å². The largest absolute Gasteiger partial charge is 0.388 e. The van der Waals surface area contributed by atoms with Crippen LogP contribution in [0.4, 0.5) is 5.69 Å². The zero-order valence-electron chi connectivity index (χ0n) is 17.4. The van der Waals surface area contributed by atoms with Gasteiger partial charge in [-0.05, 0) is 53.1 Å². The molecule has 2 N–H and O–H groups in total. The molecule has 3 aromatic carbocycles. The first-order valence-electron chi connectivity index (χ1n) is 10.0. The quantitative estimate of drug-likeness (QED) is 0.460. The van der Waals surface area contributed by atoms with E-state index in [0.29, 0.717) is 23.1 Å². The van der Waals surface area contributed by atoms with Crippen LogP contribution in [0.15, 0.2) is 77.9 Å². The fourth-order valence-corrected chi connectivity index (χ4v) is 3.56. The van der Waals surface area contributed by atoms with Crippen molar-refractivity contribution in [3.05, 3.63) is 94.5 Å². The van der Waals surface area contributed by atoms with E-state index in [9.17, 15) is 14.4 Å². The Labute approximate surface area is 184 Å². The number of ketones is 1. The van der Waals surface area contributed by atoms with E-state index < -0.39 is 12.4 Å². The molecule has 32 heavy (non-hydrogen) atoms. The van der Waals surface area contributed by atoms with Crippen LogP contribution >= 0.6 is 0 Å². The Morgan fingerprint density at radius 1 is 1.00 bits per heavy atom. The summed E-state index contributed by atoms with van der Waals surface area (Å²) in [5.74, 6) is -0.584. The SMILES string of the molecule is CC(=O)Nc1cccc(-c2cccc(Cn3cnc4ccc(C(=O)CO)cc4c3=O)c2)c1. The molecule has 0 spiro atoms. The third-order valence-electron chi connectivity index (χ3n) is 5.09. The molecule has 0 unspecified atom stereocenters. The van der Waals surface area contributed by atoms with Crippen molar-refractivity contribution in [2.45, 2.75) is 13.5 Å². The number of carbonyl (C=O) groups excluding carboxylic acids is 2. The van der Waals surface area contributed by atoms with Crippen LogP contribution in [0.5, 0.6) is 0 Å². The van der Waals surface area contributed by atoms with Gasteiger partial charge in [0.25, 0.3) is 5.56 Å². The number of Topliss-reactive ketones (excluding diaryl/α,β-unsaturated/α-hetero) is 1. The summed E-state index contributed by atoms with van der Waals surface area (Å²) in [5.41, 5.74) is 4.01. The van der Waals surface area contributed by atoms with Gasteiger partial charge in [0, 0.05) is 18.2 Å². The zero-order valence-corrected chi connectivity index (χ0v) is 17.4. The summed E-state index contributed by atoms with van der Waals surface area (Å²) in [4.78, 5) is 40.5. The first kappa shape index (κ1) is 21.1. The Balaban J connectivity index is 1.66. The van der Waals surface area contributed by atoms with E-state index in [1.54, 1.807) is 12.1 Å². The summed E-state index contributed by atoms with van der Waals surface area (Å²) < 4.78 is 1.49. The Morgan fingerprint density at radius 3 is 2.50 bits per heavy atom. The molecule has 4 aromatic rings. The molecule has 0 atom stereocenters. The predicted octanol–water partition coefficient (Wildman–Crippen LogP) is 3.25. The van der Waals surface area contributed by atoms with Gasteiger partial charge in [0.15, 0.2) is 5.78 Å². The van der Waals surface area contributed by atoms with Crippen molar-refractivity contribution < 1.29 is 14.7 Å². The number of amides is 1. The van der Waals surface area contributed by atoms with Crippen LogP contribution in [0.25, 0.3) is 22.0 Å². The number of nitrogens with one attached hydrogen (secondary N) is 1. The summed E-state index contributed by atoms with van der Waals surface area (Å²) in [7, 11) is 0. The van der Waals surface area contributed by atoms with E-state index in [0.717, 1.165) is 16.7 Å². The molecule has 7 nitrogen and oxygen atoms in total. The number of nitrogens with zero attached hydrogens (tertiary/aromatic N) is 2. The van der Waals surface area contributed by atoms with Gasteiger partial charge in [0.2, 0.25) is 5.91 Å². The number of hydrogen-bond donors (Lipinski definition) is 2. The first-order valence-corrected chi connectivity index (χ1v) is 10.0. The van der Waals surface area contributed by atoms with Crippen molar-refractivity contribution in [1.82, 2.24) is 9.55 Å². The zero-order chi connectivity index (χ0) is 22.7. The molecule has 0 fully saturated rings. The number of anilines is 1. The van der Waals surface area contributed by atoms with E-state index >= 15 is 0 Å². The molecule has 0 bridgehead atoms. The topological polar surface area (TPSA) is 101 Å². The number of aliphatic hydroxyl groups excluding tert-OH is 1. The molecule has 160 valence electrons. The lowest BCUT2D eigenvalue weighted by Crippen LogP contribution is -2.21. The fraction of sp³-hybridized carbons (Fsp3) is 0.120. The lowest BCUT2D eigenvalue weighted by Gasteiger charge is -2.10. The first-order chi connectivity index (χ1) is 15.4. The summed E-state index contributed by atoms with van der Waals surface area (Å²) >= 11 is 0. The molecule has 1 heterocycles. The Morgan fingerprint density at radius 2 is 1.75 bits per heavy atom. The number of aliphatic hydroxyl groups is 1. The number of fused-ring (bicyclic) bond motifs is 1. The minimum Gasteiger partial charge on any atom is -0.388 e. The standard InChI is InChI=1S/C25H21N3O4/c1-16(30)27-21-7-3-6-19(11-21)18-5-2-4-17(10-18)13-28-15-26-23-9-8-20(24(31)14-29)12-22(23)25(28)32/h2-12,15,29H,13-14H2,1H3,(H,27,30). The minimum atomic E-state index is -0.615. The van der Waals surface area contributed by atoms with Crippen LogP contribution in [-0.2, 0) is 11.3 Å². The monoisotopic (exact) mass is 427 g/mol. The lowest BCUT2D eigenvalue weighted by molar-refractivity contribution is -0.114. The average Bonchev–Trinajstić information content (AvgIpc) is 2.80. The molecule has 0 aliphatic heterocycles. The molecular formula is C25H21N3O4. The highest BCUT2D eigenvalue weighted by molar-refractivity contribution is 5.99. The smallest absolute Gasteiger partial charge is 0.261 e. The van der Waals surface area contributed by atoms with Gasteiger partial charge in [-0.3, -0.25) is 19.0 Å². The molecule has 1 aromatic heterocycles. The molecule has 0 saturated heterocycles. The van der Waals surface area contributed by atoms with E-state index in [4.69, 9.17) is 5.11 Å². The van der Waals surface area contributed by atoms with Crippen molar-refractivity contribution >= 4 is 28.3 Å². The predicted molar refractivity (Wildman–Crippen MR) is 123 cm³/mol. The minimum absolute atomic E-state index is 0.136. The van der Waals surface area contributed by atoms with Crippen molar-refractivity contribution in [2.75, 3.05) is 11.9 Å². The Bertz CT molecular complexity index is 1390. The van der Waals surface area contributed by atoms with Crippen molar-refractivity contribution in [3.8, 4) is 11.1 Å². The van der Waals surface area contributed by atoms with Crippen LogP contribution in [0.2, 0.25) is 0 Å². The van der Waals surface area contributed by atoms with Gasteiger partial charge in [-0.1, -0.05) is 30.3 Å². The van der Waals surface area contributed by atoms with Gasteiger partial charge in [-0.25, -0.2) is 4.98 Å². The molecule has 1 amide bonds. The third kappa shape index (κ3) is 4.48. The maximum Gasteiger partial charge on any atom is 0.261 e. The van der Waals surface area contributed by atoms with Crippen molar-refractivity contribution in [2.24, 2.45) is 0 Å². The van der Waals surface area contributed by atoms with E-state index in [2.05, 4.69) is 10.3 Å². The highest BCUT2D eigenvalue weighted by Gasteiger charge is 2.10. The van der Waals surface area contributed by atoms with E-state index in [1.165, 1.54) is 23.9 Å². The normalized spacial score (nSPS) is 10.8. The van der Waals surface area contributed by atoms with Gasteiger partial charge < -0.3 is 10.4 Å². The molecule has 0 aliphatic carbocycles. The lowest BCUT2D eigenvalue weighted by atomic mass is 10.0. The second kappa shape index (κ2) is 8.95. The second-order valence-electron chi connectivity index (χ2n) is 7.45. The summed E-state index contributed by atoms with van der Waals surface area (Å²) in [6.45, 7) is 1.15. The van der Waals surface area contributed by atoms with Crippen LogP contribution in [0.1, 0.15) is 22.8 Å². The molecule has 0 aliphatic rings. The highest BCUT2D eigenvalue weighted by Crippen LogP contribution is 2.24. The van der Waals surface area contributed by atoms with Gasteiger partial charge in [-0.2, -0.15) is 0 Å². The fourth-order valence-electron chi connectivity index (χ4n) is 3.56. The molecule has 4 rings (SSSR count). The molecule has 7 heteroatoms. The van der Waals surface area contributed by atoms with Crippen molar-refractivity contribution in [1.29, 1.82) is 0 Å². The maximum atomic E-state index is 13.0. The van der Waals surface area contributed by atoms with Gasteiger partial charge in [0.1, 0.15) is 6.61 Å². The number of aromatic nitrogens is 2. The number of hydrogen-bond acceptors (Lipinski definition) is 5. The summed E-state index contributed by atoms with van der Waals surface area (Å²) in [6, 6.07) is 19.9. The summed E-state index contributed by atoms with van der Waals surface area (Å²) in [5, 5.41) is 12.2. The number of rotatable bonds is 6. The third-order valence-corrected chi connectivity index (χ3v) is 5.09. The van der Waals surface area contributed by atoms with Crippen LogP contribution in [0.3, 0.4) is 0 Å². The van der Waals surface area contributed by atoms with Crippen LogP contribution < -0.4 is 10.9 Å². The highest BCUT2D eigenvalue weighted by atomic mass is 16.3. The number of carbonyl (C=O) groups is 2.